The van der Waals surface area contributed by atoms with Gasteiger partial charge in [0.05, 0.1) is 11.4 Å². The molecule has 0 heterocycles. The van der Waals surface area contributed by atoms with Crippen LogP contribution in [0.2, 0.25) is 0 Å². The number of carbonyl (C=O) groups is 1. The number of nitrogens with one attached hydrogen (secondary N) is 1. The van der Waals surface area contributed by atoms with Gasteiger partial charge in [-0.2, -0.15) is 0 Å². The number of alkyl carbamates (subject to hydrolysis) is 1. The number of hydrogen-bond donors (Lipinski definition) is 1. The number of amides is 1. The molecule has 0 fully saturated rings. The highest BCUT2D eigenvalue weighted by Gasteiger charge is 2.16. The molecule has 0 unspecified atom stereocenters. The summed E-state index contributed by atoms with van der Waals surface area (Å²) in [5, 5.41) is 3.65. The van der Waals surface area contributed by atoms with Gasteiger partial charge in [-0.05, 0) is 55.5 Å². The Morgan fingerprint density at radius 2 is 1.86 bits per heavy atom. The molecule has 0 saturated carbocycles. The molecule has 0 aliphatic rings. The maximum absolute atomic E-state index is 12.1. The molecule has 0 bridgehead atoms. The zero-order valence-corrected chi connectivity index (χ0v) is 15.1. The molecule has 0 spiro atoms. The van der Waals surface area contributed by atoms with Crippen molar-refractivity contribution in [2.24, 2.45) is 0 Å². The van der Waals surface area contributed by atoms with Gasteiger partial charge in [-0.15, -0.1) is 0 Å². The number of sulfone groups is 1. The van der Waals surface area contributed by atoms with Crippen LogP contribution in [0.5, 0.6) is 0 Å². The third-order valence-corrected chi connectivity index (χ3v) is 4.79. The first-order valence-electron chi connectivity index (χ1n) is 6.23. The lowest BCUT2D eigenvalue weighted by molar-refractivity contribution is 0.0534. The molecule has 0 saturated heterocycles. The van der Waals surface area contributed by atoms with E-state index in [9.17, 15) is 13.2 Å². The summed E-state index contributed by atoms with van der Waals surface area (Å²) in [6, 6.07) is 8.12. The molecule has 1 amide bonds. The van der Waals surface area contributed by atoms with Crippen LogP contribution in [0.4, 0.5) is 4.79 Å². The van der Waals surface area contributed by atoms with Gasteiger partial charge in [-0.25, -0.2) is 13.2 Å². The van der Waals surface area contributed by atoms with E-state index < -0.39 is 21.5 Å². The summed E-state index contributed by atoms with van der Waals surface area (Å²) in [5.41, 5.74) is -0.588. The van der Waals surface area contributed by atoms with Gasteiger partial charge in [0, 0.05) is 8.99 Å². The average molecular weight is 423 g/mol. The van der Waals surface area contributed by atoms with Crippen LogP contribution in [0.25, 0.3) is 0 Å². The summed E-state index contributed by atoms with van der Waals surface area (Å²) < 4.78 is 29.7. The average Bonchev–Trinajstić information content (AvgIpc) is 2.35. The van der Waals surface area contributed by atoms with Crippen molar-refractivity contribution >= 4 is 38.5 Å². The van der Waals surface area contributed by atoms with Crippen LogP contribution in [0.1, 0.15) is 20.8 Å². The summed E-state index contributed by atoms with van der Waals surface area (Å²) in [4.78, 5) is 11.7. The van der Waals surface area contributed by atoms with Crippen molar-refractivity contribution in [3.05, 3.63) is 39.3 Å². The van der Waals surface area contributed by atoms with Crippen molar-refractivity contribution in [1.29, 1.82) is 0 Å². The van der Waals surface area contributed by atoms with Crippen LogP contribution >= 0.6 is 22.6 Å². The van der Waals surface area contributed by atoms with E-state index in [2.05, 4.69) is 5.32 Å². The van der Waals surface area contributed by atoms with Crippen molar-refractivity contribution < 1.29 is 17.9 Å². The predicted octanol–water partition coefficient (Wildman–Crippen LogP) is 3.26. The quantitative estimate of drug-likeness (QED) is 0.755. The minimum absolute atomic E-state index is 0.0987. The van der Waals surface area contributed by atoms with Crippen molar-refractivity contribution in [2.45, 2.75) is 31.3 Å². The Kier molecular flexibility index (Phi) is 6.21. The normalized spacial score (nSPS) is 12.9. The molecule has 1 aromatic rings. The fraction of sp³-hybridized carbons (Fsp3) is 0.357. The van der Waals surface area contributed by atoms with E-state index in [0.717, 1.165) is 5.41 Å². The first kappa shape index (κ1) is 18.0. The lowest BCUT2D eigenvalue weighted by Crippen LogP contribution is -2.33. The molecule has 0 radical (unpaired) electrons. The van der Waals surface area contributed by atoms with Crippen LogP contribution in [0.3, 0.4) is 0 Å². The molecule has 0 aliphatic carbocycles. The van der Waals surface area contributed by atoms with Crippen molar-refractivity contribution in [2.75, 3.05) is 6.54 Å². The Morgan fingerprint density at radius 3 is 2.38 bits per heavy atom. The topological polar surface area (TPSA) is 72.5 Å². The lowest BCUT2D eigenvalue weighted by atomic mass is 10.2. The summed E-state index contributed by atoms with van der Waals surface area (Å²) in [6.07, 6.45) is -0.581. The Labute approximate surface area is 138 Å². The molecule has 1 rings (SSSR count). The van der Waals surface area contributed by atoms with Crippen LogP contribution in [0.15, 0.2) is 44.2 Å². The Bertz CT molecular complexity index is 618. The van der Waals surface area contributed by atoms with Crippen molar-refractivity contribution in [3.8, 4) is 0 Å². The fourth-order valence-electron chi connectivity index (χ4n) is 1.36. The predicted molar refractivity (Wildman–Crippen MR) is 90.0 cm³/mol. The Balaban J connectivity index is 2.67. The van der Waals surface area contributed by atoms with E-state index >= 15 is 0 Å². The molecular formula is C14H18INO4S. The van der Waals surface area contributed by atoms with Gasteiger partial charge in [-0.3, -0.25) is 0 Å². The molecule has 0 aromatic heterocycles. The molecule has 0 aliphatic heterocycles. The zero-order chi connectivity index (χ0) is 16.1. The molecule has 21 heavy (non-hydrogen) atoms. The largest absolute Gasteiger partial charge is 0.444 e. The Hall–Kier alpha value is -1.09. The van der Waals surface area contributed by atoms with Crippen LogP contribution < -0.4 is 5.32 Å². The van der Waals surface area contributed by atoms with E-state index in [0.29, 0.717) is 3.58 Å². The highest BCUT2D eigenvalue weighted by atomic mass is 127. The number of halogens is 1. The van der Waals surface area contributed by atoms with Gasteiger partial charge in [0.2, 0.25) is 9.84 Å². The molecule has 0 atom stereocenters. The van der Waals surface area contributed by atoms with Crippen LogP contribution in [0, 0.1) is 0 Å². The lowest BCUT2D eigenvalue weighted by Gasteiger charge is -2.19. The number of carbonyl (C=O) groups excluding carboxylic acids is 1. The smallest absolute Gasteiger partial charge is 0.407 e. The van der Waals surface area contributed by atoms with E-state index in [-0.39, 0.29) is 11.4 Å². The van der Waals surface area contributed by atoms with Gasteiger partial charge < -0.3 is 10.1 Å². The molecule has 1 N–H and O–H groups in total. The van der Waals surface area contributed by atoms with Crippen LogP contribution in [-0.4, -0.2) is 26.7 Å². The third kappa shape index (κ3) is 6.94. The standard InChI is InChI=1S/C14H18INO4S/c1-14(2,3)20-13(17)16-9-11(15)10-21(18,19)12-7-5-4-6-8-12/h4-8,10H,9H2,1-3H3,(H,16,17)/b11-10+. The molecule has 7 heteroatoms. The summed E-state index contributed by atoms with van der Waals surface area (Å²) in [5.74, 6) is 0. The number of benzene rings is 1. The third-order valence-electron chi connectivity index (χ3n) is 2.16. The van der Waals surface area contributed by atoms with E-state index in [4.69, 9.17) is 4.74 Å². The van der Waals surface area contributed by atoms with Gasteiger partial charge in [0.15, 0.2) is 0 Å². The second-order valence-electron chi connectivity index (χ2n) is 5.28. The summed E-state index contributed by atoms with van der Waals surface area (Å²) >= 11 is 1.88. The first-order valence-corrected chi connectivity index (χ1v) is 8.86. The minimum Gasteiger partial charge on any atom is -0.444 e. The molecule has 5 nitrogen and oxygen atoms in total. The van der Waals surface area contributed by atoms with Crippen molar-refractivity contribution in [1.82, 2.24) is 5.32 Å². The highest BCUT2D eigenvalue weighted by molar-refractivity contribution is 14.1. The second-order valence-corrected chi connectivity index (χ2v) is 8.46. The SMILES string of the molecule is CC(C)(C)OC(=O)NC/C(I)=C\S(=O)(=O)c1ccccc1. The molecule has 116 valence electrons. The first-order chi connectivity index (χ1) is 9.60. The van der Waals surface area contributed by atoms with Gasteiger partial charge in [0.1, 0.15) is 5.60 Å². The monoisotopic (exact) mass is 423 g/mol. The van der Waals surface area contributed by atoms with Crippen molar-refractivity contribution in [3.63, 3.8) is 0 Å². The fourth-order valence-corrected chi connectivity index (χ4v) is 3.65. The summed E-state index contributed by atoms with van der Waals surface area (Å²) in [7, 11) is -3.50. The van der Waals surface area contributed by atoms with Crippen LogP contribution in [-0.2, 0) is 14.6 Å². The van der Waals surface area contributed by atoms with E-state index in [1.54, 1.807) is 39.0 Å². The maximum Gasteiger partial charge on any atom is 0.407 e. The van der Waals surface area contributed by atoms with E-state index in [1.165, 1.54) is 12.1 Å². The van der Waals surface area contributed by atoms with Gasteiger partial charge in [-0.1, -0.05) is 18.2 Å². The number of rotatable bonds is 4. The minimum atomic E-state index is -3.50. The molecular weight excluding hydrogens is 405 g/mol. The highest BCUT2D eigenvalue weighted by Crippen LogP contribution is 2.16. The zero-order valence-electron chi connectivity index (χ0n) is 12.1. The summed E-state index contributed by atoms with van der Waals surface area (Å²) in [6.45, 7) is 5.37. The van der Waals surface area contributed by atoms with Gasteiger partial charge >= 0.3 is 6.09 Å². The second kappa shape index (κ2) is 7.26. The van der Waals surface area contributed by atoms with E-state index in [1.807, 2.05) is 22.6 Å². The number of ether oxygens (including phenoxy) is 1. The molecule has 1 aromatic carbocycles. The Morgan fingerprint density at radius 1 is 1.29 bits per heavy atom. The number of hydrogen-bond acceptors (Lipinski definition) is 4. The maximum atomic E-state index is 12.1. The van der Waals surface area contributed by atoms with Gasteiger partial charge in [0.25, 0.3) is 0 Å².